The number of methoxy groups -OCH3 is 1. The van der Waals surface area contributed by atoms with Crippen LogP contribution in [-0.4, -0.2) is 58.0 Å². The molecule has 8 heteroatoms. The lowest BCUT2D eigenvalue weighted by molar-refractivity contribution is 0.0698. The summed E-state index contributed by atoms with van der Waals surface area (Å²) in [5.41, 5.74) is 1.14. The Bertz CT molecular complexity index is 432. The molecule has 0 saturated heterocycles. The van der Waals surface area contributed by atoms with Crippen LogP contribution < -0.4 is 10.6 Å². The highest BCUT2D eigenvalue weighted by Gasteiger charge is 1.98. The van der Waals surface area contributed by atoms with Crippen LogP contribution >= 0.6 is 35.6 Å². The Morgan fingerprint density at radius 2 is 2.00 bits per heavy atom. The molecule has 1 aromatic heterocycles. The molecule has 0 aliphatic rings. The van der Waals surface area contributed by atoms with E-state index in [1.54, 1.807) is 26.4 Å². The Balaban J connectivity index is 0.00000484. The lowest BCUT2D eigenvalue weighted by Crippen LogP contribution is -2.39. The molecule has 0 aliphatic carbocycles. The minimum atomic E-state index is 0. The molecule has 0 unspecified atom stereocenters. The summed E-state index contributed by atoms with van der Waals surface area (Å²) in [6, 6.07) is 3.78. The number of pyridine rings is 1. The van der Waals surface area contributed by atoms with Crippen LogP contribution in [0.3, 0.4) is 0 Å². The van der Waals surface area contributed by atoms with E-state index in [2.05, 4.69) is 20.6 Å². The smallest absolute Gasteiger partial charge is 0.190 e. The topological polar surface area (TPSA) is 67.8 Å². The Labute approximate surface area is 160 Å². The van der Waals surface area contributed by atoms with Gasteiger partial charge in [-0.15, -0.1) is 24.0 Å². The predicted octanol–water partition coefficient (Wildman–Crippen LogP) is 2.11. The van der Waals surface area contributed by atoms with Crippen LogP contribution in [0.25, 0.3) is 0 Å². The third-order valence-corrected chi connectivity index (χ3v) is 3.13. The standard InChI is InChI=1S/C15H25ClN4O2.HI/c1-17-15(18-7-3-9-22-11-10-21-2)19-8-6-13-4-5-14(16)20-12-13;/h4-5,12H,3,6-11H2,1-2H3,(H2,17,18,19);1H. The van der Waals surface area contributed by atoms with Crippen LogP contribution in [0.1, 0.15) is 12.0 Å². The highest BCUT2D eigenvalue weighted by Crippen LogP contribution is 2.05. The molecule has 0 aromatic carbocycles. The second-order valence-corrected chi connectivity index (χ2v) is 5.01. The quantitative estimate of drug-likeness (QED) is 0.186. The number of hydrogen-bond acceptors (Lipinski definition) is 4. The van der Waals surface area contributed by atoms with Crippen molar-refractivity contribution in [2.75, 3.05) is 47.1 Å². The first-order chi connectivity index (χ1) is 10.8. The number of ether oxygens (including phenoxy) is 2. The van der Waals surface area contributed by atoms with E-state index in [-0.39, 0.29) is 24.0 Å². The summed E-state index contributed by atoms with van der Waals surface area (Å²) in [5, 5.41) is 7.02. The van der Waals surface area contributed by atoms with E-state index in [4.69, 9.17) is 21.1 Å². The van der Waals surface area contributed by atoms with E-state index < -0.39 is 0 Å². The van der Waals surface area contributed by atoms with Crippen molar-refractivity contribution in [3.8, 4) is 0 Å². The molecule has 1 rings (SSSR count). The van der Waals surface area contributed by atoms with Crippen molar-refractivity contribution in [2.24, 2.45) is 4.99 Å². The number of guanidine groups is 1. The van der Waals surface area contributed by atoms with E-state index in [0.29, 0.717) is 25.0 Å². The molecule has 1 heterocycles. The van der Waals surface area contributed by atoms with Crippen LogP contribution in [0.2, 0.25) is 5.15 Å². The molecular formula is C15H26ClIN4O2. The number of nitrogens with one attached hydrogen (secondary N) is 2. The summed E-state index contributed by atoms with van der Waals surface area (Å²) in [7, 11) is 3.43. The van der Waals surface area contributed by atoms with Crippen molar-refractivity contribution < 1.29 is 9.47 Å². The number of aliphatic imine (C=N–C) groups is 1. The summed E-state index contributed by atoms with van der Waals surface area (Å²) >= 11 is 5.76. The number of rotatable bonds is 10. The van der Waals surface area contributed by atoms with Crippen molar-refractivity contribution >= 4 is 41.5 Å². The van der Waals surface area contributed by atoms with Crippen LogP contribution in [0, 0.1) is 0 Å². The molecule has 0 spiro atoms. The zero-order valence-electron chi connectivity index (χ0n) is 13.7. The summed E-state index contributed by atoms with van der Waals surface area (Å²) in [5.74, 6) is 0.791. The molecule has 0 atom stereocenters. The summed E-state index contributed by atoms with van der Waals surface area (Å²) < 4.78 is 10.3. The Morgan fingerprint density at radius 3 is 2.65 bits per heavy atom. The van der Waals surface area contributed by atoms with Crippen molar-refractivity contribution in [3.63, 3.8) is 0 Å². The van der Waals surface area contributed by atoms with Gasteiger partial charge in [0.15, 0.2) is 5.96 Å². The first-order valence-electron chi connectivity index (χ1n) is 7.38. The van der Waals surface area contributed by atoms with Crippen LogP contribution in [0.15, 0.2) is 23.3 Å². The average molecular weight is 457 g/mol. The van der Waals surface area contributed by atoms with Gasteiger partial charge in [0.05, 0.1) is 13.2 Å². The van der Waals surface area contributed by atoms with Gasteiger partial charge in [0, 0.05) is 40.1 Å². The lowest BCUT2D eigenvalue weighted by Gasteiger charge is -2.12. The summed E-state index contributed by atoms with van der Waals surface area (Å²) in [6.07, 6.45) is 3.58. The van der Waals surface area contributed by atoms with E-state index in [1.165, 1.54) is 0 Å². The minimum Gasteiger partial charge on any atom is -0.382 e. The van der Waals surface area contributed by atoms with Gasteiger partial charge in [-0.25, -0.2) is 4.98 Å². The molecule has 2 N–H and O–H groups in total. The third-order valence-electron chi connectivity index (χ3n) is 2.91. The van der Waals surface area contributed by atoms with Crippen LogP contribution in [-0.2, 0) is 15.9 Å². The molecule has 0 fully saturated rings. The largest absolute Gasteiger partial charge is 0.382 e. The normalized spacial score (nSPS) is 11.0. The molecule has 0 aliphatic heterocycles. The van der Waals surface area contributed by atoms with Crippen molar-refractivity contribution in [3.05, 3.63) is 29.0 Å². The second kappa shape index (κ2) is 14.9. The zero-order chi connectivity index (χ0) is 16.0. The van der Waals surface area contributed by atoms with Crippen molar-refractivity contribution in [1.82, 2.24) is 15.6 Å². The number of nitrogens with zero attached hydrogens (tertiary/aromatic N) is 2. The zero-order valence-corrected chi connectivity index (χ0v) is 16.8. The molecule has 6 nitrogen and oxygen atoms in total. The first-order valence-corrected chi connectivity index (χ1v) is 7.75. The fourth-order valence-corrected chi connectivity index (χ4v) is 1.84. The average Bonchev–Trinajstić information content (AvgIpc) is 2.54. The minimum absolute atomic E-state index is 0. The first kappa shape index (κ1) is 22.4. The monoisotopic (exact) mass is 456 g/mol. The molecule has 0 bridgehead atoms. The maximum Gasteiger partial charge on any atom is 0.190 e. The molecule has 0 radical (unpaired) electrons. The maximum absolute atomic E-state index is 5.76. The number of aromatic nitrogens is 1. The summed E-state index contributed by atoms with van der Waals surface area (Å²) in [4.78, 5) is 8.23. The lowest BCUT2D eigenvalue weighted by atomic mass is 10.2. The van der Waals surface area contributed by atoms with Crippen LogP contribution in [0.5, 0.6) is 0 Å². The Hall–Kier alpha value is -0.640. The number of halogens is 2. The van der Waals surface area contributed by atoms with Gasteiger partial charge in [-0.1, -0.05) is 17.7 Å². The van der Waals surface area contributed by atoms with E-state index >= 15 is 0 Å². The number of hydrogen-bond donors (Lipinski definition) is 2. The van der Waals surface area contributed by atoms with Gasteiger partial charge in [-0.3, -0.25) is 4.99 Å². The fourth-order valence-electron chi connectivity index (χ4n) is 1.73. The molecule has 23 heavy (non-hydrogen) atoms. The molecular weight excluding hydrogens is 431 g/mol. The van der Waals surface area contributed by atoms with Crippen molar-refractivity contribution in [1.29, 1.82) is 0 Å². The van der Waals surface area contributed by atoms with E-state index in [9.17, 15) is 0 Å². The molecule has 1 aromatic rings. The molecule has 132 valence electrons. The predicted molar refractivity (Wildman–Crippen MR) is 105 cm³/mol. The van der Waals surface area contributed by atoms with Gasteiger partial charge in [-0.05, 0) is 24.5 Å². The van der Waals surface area contributed by atoms with Gasteiger partial charge >= 0.3 is 0 Å². The van der Waals surface area contributed by atoms with Gasteiger partial charge in [0.2, 0.25) is 0 Å². The third kappa shape index (κ3) is 11.5. The van der Waals surface area contributed by atoms with Crippen molar-refractivity contribution in [2.45, 2.75) is 12.8 Å². The highest BCUT2D eigenvalue weighted by molar-refractivity contribution is 14.0. The van der Waals surface area contributed by atoms with Gasteiger partial charge in [0.25, 0.3) is 0 Å². The van der Waals surface area contributed by atoms with Gasteiger partial charge in [0.1, 0.15) is 5.15 Å². The van der Waals surface area contributed by atoms with E-state index in [0.717, 1.165) is 37.5 Å². The fraction of sp³-hybridized carbons (Fsp3) is 0.600. The maximum atomic E-state index is 5.76. The van der Waals surface area contributed by atoms with Gasteiger partial charge in [-0.2, -0.15) is 0 Å². The summed E-state index contributed by atoms with van der Waals surface area (Å²) in [6.45, 7) is 3.58. The van der Waals surface area contributed by atoms with Gasteiger partial charge < -0.3 is 20.1 Å². The molecule has 0 amide bonds. The van der Waals surface area contributed by atoms with E-state index in [1.807, 2.05) is 6.07 Å². The Kier molecular flexibility index (Phi) is 14.5. The van der Waals surface area contributed by atoms with Crippen LogP contribution in [0.4, 0.5) is 0 Å². The molecule has 0 saturated carbocycles. The second-order valence-electron chi connectivity index (χ2n) is 4.62. The highest BCUT2D eigenvalue weighted by atomic mass is 127. The SMILES string of the molecule is CN=C(NCCCOCCOC)NCCc1ccc(Cl)nc1.I. The Morgan fingerprint density at radius 1 is 1.22 bits per heavy atom.